The summed E-state index contributed by atoms with van der Waals surface area (Å²) in [5, 5.41) is 0. The number of unbranched alkanes of at least 4 members (excludes halogenated alkanes) is 16. The molecule has 1 atom stereocenters. The van der Waals surface area contributed by atoms with Crippen LogP contribution >= 0.6 is 7.60 Å². The summed E-state index contributed by atoms with van der Waals surface area (Å²) in [6.45, 7) is 1.44. The van der Waals surface area contributed by atoms with Crippen molar-refractivity contribution in [3.8, 4) is 0 Å². The molecule has 12 nitrogen and oxygen atoms in total. The number of fused-ring (bicyclic) bond motifs is 1. The molecule has 2 heterocycles. The summed E-state index contributed by atoms with van der Waals surface area (Å²) in [5.41, 5.74) is 14.2. The van der Waals surface area contributed by atoms with Gasteiger partial charge in [-0.25, -0.2) is 4.98 Å². The molecule has 0 aliphatic rings. The molecule has 50 heavy (non-hydrogen) atoms. The number of benzene rings is 1. The minimum absolute atomic E-state index is 0.0101. The van der Waals surface area contributed by atoms with Crippen LogP contribution in [0.5, 0.6) is 0 Å². The van der Waals surface area contributed by atoms with E-state index >= 15 is 0 Å². The molecule has 1 aromatic carbocycles. The van der Waals surface area contributed by atoms with Gasteiger partial charge in [-0.3, -0.25) is 4.57 Å². The maximum Gasteiger partial charge on any atom is 0.350 e. The third kappa shape index (κ3) is 17.6. The standard InChI is InChI=1S/C37H63N6O6P/c1-47-29-32(49-30-50(44,45)46)28-43-33(40-34-35(38)41-37(39)42-36(34)43)25-27-48-26-21-16-14-12-10-8-6-4-2-3-5-7-9-11-13-15-18-22-31-23-19-17-20-24-31/h17,19-20,23-24,32H,2-16,18,21-22,25-30H2,1H3,(H2,44,45,46)(H4,38,39,41,42). The number of imidazole rings is 1. The number of methoxy groups -OCH3 is 1. The van der Waals surface area contributed by atoms with E-state index in [9.17, 15) is 14.4 Å². The Hall–Kier alpha value is -2.60. The third-order valence-electron chi connectivity index (χ3n) is 9.00. The second-order valence-electron chi connectivity index (χ2n) is 13.4. The molecule has 0 saturated heterocycles. The van der Waals surface area contributed by atoms with Crippen LogP contribution in [0.2, 0.25) is 0 Å². The molecule has 6 N–H and O–H groups in total. The molecule has 3 aromatic rings. The molecule has 1 unspecified atom stereocenters. The molecule has 0 aliphatic carbocycles. The number of nitrogens with two attached hydrogens (primary N) is 2. The van der Waals surface area contributed by atoms with Gasteiger partial charge in [-0.05, 0) is 24.8 Å². The maximum absolute atomic E-state index is 11.4. The summed E-state index contributed by atoms with van der Waals surface area (Å²) in [5.74, 6) is 0.819. The Morgan fingerprint density at radius 2 is 1.30 bits per heavy atom. The molecule has 0 fully saturated rings. The lowest BCUT2D eigenvalue weighted by Gasteiger charge is -2.19. The van der Waals surface area contributed by atoms with Crippen LogP contribution in [0.1, 0.15) is 121 Å². The number of nitrogen functional groups attached to an aromatic ring is 2. The maximum atomic E-state index is 11.4. The van der Waals surface area contributed by atoms with Crippen molar-refractivity contribution >= 4 is 30.5 Å². The summed E-state index contributed by atoms with van der Waals surface area (Å²) in [7, 11) is -2.86. The van der Waals surface area contributed by atoms with Crippen molar-refractivity contribution in [3.05, 3.63) is 41.7 Å². The van der Waals surface area contributed by atoms with Crippen LogP contribution in [0, 0.1) is 0 Å². The predicted molar refractivity (Wildman–Crippen MR) is 201 cm³/mol. The number of rotatable bonds is 30. The van der Waals surface area contributed by atoms with E-state index in [1.165, 1.54) is 115 Å². The van der Waals surface area contributed by atoms with Crippen molar-refractivity contribution in [2.24, 2.45) is 0 Å². The first-order valence-corrected chi connectivity index (χ1v) is 20.6. The molecule has 282 valence electrons. The SMILES string of the molecule is COCC(Cn1c(CCOCCCCCCCCCCCCCCCCCCCc2ccccc2)nc2c(N)nc(N)nc21)OCP(=O)(O)O. The molecule has 0 bridgehead atoms. The van der Waals surface area contributed by atoms with Gasteiger partial charge in [-0.1, -0.05) is 127 Å². The van der Waals surface area contributed by atoms with E-state index in [0.29, 0.717) is 36.6 Å². The van der Waals surface area contributed by atoms with Gasteiger partial charge in [-0.15, -0.1) is 0 Å². The fourth-order valence-electron chi connectivity index (χ4n) is 6.31. The first kappa shape index (κ1) is 41.8. The molecule has 0 radical (unpaired) electrons. The second-order valence-corrected chi connectivity index (χ2v) is 15.0. The lowest BCUT2D eigenvalue weighted by atomic mass is 10.0. The van der Waals surface area contributed by atoms with Crippen LogP contribution in [0.4, 0.5) is 11.8 Å². The quantitative estimate of drug-likeness (QED) is 0.0394. The fraction of sp³-hybridized carbons (Fsp3) is 0.703. The Bertz CT molecular complexity index is 1370. The lowest BCUT2D eigenvalue weighted by Crippen LogP contribution is -2.27. The molecule has 2 aromatic heterocycles. The number of hydrogen-bond donors (Lipinski definition) is 4. The zero-order chi connectivity index (χ0) is 35.9. The number of ether oxygens (including phenoxy) is 3. The highest BCUT2D eigenvalue weighted by molar-refractivity contribution is 7.51. The van der Waals surface area contributed by atoms with Crippen LogP contribution in [0.3, 0.4) is 0 Å². The molecule has 0 amide bonds. The van der Waals surface area contributed by atoms with Gasteiger partial charge in [0.05, 0.1) is 25.9 Å². The normalized spacial score (nSPS) is 12.6. The van der Waals surface area contributed by atoms with Gasteiger partial charge in [0.2, 0.25) is 5.95 Å². The van der Waals surface area contributed by atoms with Gasteiger partial charge < -0.3 is 40.0 Å². The Labute approximate surface area is 299 Å². The summed E-state index contributed by atoms with van der Waals surface area (Å²) in [4.78, 5) is 31.5. The molecular weight excluding hydrogens is 655 g/mol. The number of hydrogen-bond acceptors (Lipinski definition) is 9. The zero-order valence-corrected chi connectivity index (χ0v) is 31.2. The van der Waals surface area contributed by atoms with Gasteiger partial charge in [0.1, 0.15) is 12.2 Å². The highest BCUT2D eigenvalue weighted by atomic mass is 31.2. The van der Waals surface area contributed by atoms with Gasteiger partial charge in [0.15, 0.2) is 17.0 Å². The van der Waals surface area contributed by atoms with E-state index in [2.05, 4.69) is 45.3 Å². The van der Waals surface area contributed by atoms with Gasteiger partial charge in [-0.2, -0.15) is 9.97 Å². The molecule has 0 saturated carbocycles. The summed E-state index contributed by atoms with van der Waals surface area (Å²) >= 11 is 0. The van der Waals surface area contributed by atoms with Crippen LogP contribution < -0.4 is 11.5 Å². The van der Waals surface area contributed by atoms with Crippen molar-refractivity contribution in [1.82, 2.24) is 19.5 Å². The number of aromatic nitrogens is 4. The van der Waals surface area contributed by atoms with Crippen molar-refractivity contribution in [1.29, 1.82) is 0 Å². The van der Waals surface area contributed by atoms with Crippen molar-refractivity contribution < 1.29 is 28.6 Å². The van der Waals surface area contributed by atoms with Crippen molar-refractivity contribution in [2.75, 3.05) is 44.7 Å². The molecule has 13 heteroatoms. The Kier molecular flexibility index (Phi) is 20.5. The van der Waals surface area contributed by atoms with E-state index in [1.807, 2.05) is 0 Å². The first-order valence-electron chi connectivity index (χ1n) is 18.8. The van der Waals surface area contributed by atoms with Crippen LogP contribution in [0.15, 0.2) is 30.3 Å². The van der Waals surface area contributed by atoms with Crippen LogP contribution in [-0.4, -0.2) is 68.7 Å². The van der Waals surface area contributed by atoms with E-state index in [0.717, 1.165) is 12.8 Å². The Morgan fingerprint density at radius 3 is 1.86 bits per heavy atom. The minimum Gasteiger partial charge on any atom is -0.382 e. The van der Waals surface area contributed by atoms with E-state index in [-0.39, 0.29) is 24.9 Å². The zero-order valence-electron chi connectivity index (χ0n) is 30.4. The van der Waals surface area contributed by atoms with E-state index in [4.69, 9.17) is 25.7 Å². The fourth-order valence-corrected chi connectivity index (χ4v) is 6.71. The van der Waals surface area contributed by atoms with Crippen LogP contribution in [0.25, 0.3) is 11.2 Å². The smallest absolute Gasteiger partial charge is 0.350 e. The number of aryl methyl sites for hydroxylation is 1. The summed E-state index contributed by atoms with van der Waals surface area (Å²) in [6.07, 6.45) is 22.9. The second kappa shape index (κ2) is 24.6. The van der Waals surface area contributed by atoms with Crippen molar-refractivity contribution in [2.45, 2.75) is 135 Å². The Balaban J connectivity index is 1.18. The highest BCUT2D eigenvalue weighted by Gasteiger charge is 2.23. The first-order chi connectivity index (χ1) is 24.3. The number of nitrogens with zero attached hydrogens (tertiary/aromatic N) is 4. The van der Waals surface area contributed by atoms with Gasteiger partial charge >= 0.3 is 7.60 Å². The predicted octanol–water partition coefficient (Wildman–Crippen LogP) is 7.59. The summed E-state index contributed by atoms with van der Waals surface area (Å²) in [6, 6.07) is 10.8. The van der Waals surface area contributed by atoms with Gasteiger partial charge in [0, 0.05) is 20.1 Å². The van der Waals surface area contributed by atoms with Gasteiger partial charge in [0.25, 0.3) is 0 Å². The van der Waals surface area contributed by atoms with Crippen LogP contribution in [-0.2, 0) is 38.2 Å². The largest absolute Gasteiger partial charge is 0.382 e. The molecule has 0 spiro atoms. The topological polar surface area (TPSA) is 181 Å². The molecule has 0 aliphatic heterocycles. The lowest BCUT2D eigenvalue weighted by molar-refractivity contribution is 0.00362. The average molecular weight is 719 g/mol. The van der Waals surface area contributed by atoms with E-state index < -0.39 is 20.0 Å². The Morgan fingerprint density at radius 1 is 0.740 bits per heavy atom. The molecule has 3 rings (SSSR count). The average Bonchev–Trinajstić information content (AvgIpc) is 3.43. The van der Waals surface area contributed by atoms with Crippen molar-refractivity contribution in [3.63, 3.8) is 0 Å². The summed E-state index contributed by atoms with van der Waals surface area (Å²) < 4.78 is 29.8. The third-order valence-corrected chi connectivity index (χ3v) is 9.49. The highest BCUT2D eigenvalue weighted by Crippen LogP contribution is 2.34. The number of anilines is 2. The van der Waals surface area contributed by atoms with E-state index in [1.54, 1.807) is 4.57 Å². The monoisotopic (exact) mass is 718 g/mol. The molecular formula is C37H63N6O6P. The minimum atomic E-state index is -4.35.